The number of hydrogen-bond acceptors (Lipinski definition) is 3. The van der Waals surface area contributed by atoms with Crippen LogP contribution >= 0.6 is 15.9 Å². The van der Waals surface area contributed by atoms with Crippen LogP contribution in [0.4, 0.5) is 5.69 Å². The fourth-order valence-electron chi connectivity index (χ4n) is 1.70. The Kier molecular flexibility index (Phi) is 3.76. The molecule has 2 rings (SSSR count). The third kappa shape index (κ3) is 2.76. The molecule has 1 N–H and O–H groups in total. The van der Waals surface area contributed by atoms with Gasteiger partial charge in [0.1, 0.15) is 6.54 Å². The number of benzene rings is 1. The highest BCUT2D eigenvalue weighted by Crippen LogP contribution is 2.21. The van der Waals surface area contributed by atoms with Gasteiger partial charge in [-0.3, -0.25) is 19.3 Å². The minimum atomic E-state index is -0.384. The first kappa shape index (κ1) is 12.8. The first-order chi connectivity index (χ1) is 8.58. The molecule has 1 saturated heterocycles. The van der Waals surface area contributed by atoms with Crippen molar-refractivity contribution < 1.29 is 14.4 Å². The molecule has 0 unspecified atom stereocenters. The smallest absolute Gasteiger partial charge is 0.244 e. The van der Waals surface area contributed by atoms with Crippen LogP contribution in [0.3, 0.4) is 0 Å². The molecule has 1 aliphatic heterocycles. The molecule has 0 aromatic heterocycles. The van der Waals surface area contributed by atoms with Gasteiger partial charge in [0.25, 0.3) is 0 Å². The van der Waals surface area contributed by atoms with E-state index >= 15 is 0 Å². The van der Waals surface area contributed by atoms with Crippen LogP contribution in [-0.4, -0.2) is 29.2 Å². The van der Waals surface area contributed by atoms with E-state index in [-0.39, 0.29) is 37.1 Å². The molecule has 0 radical (unpaired) electrons. The summed E-state index contributed by atoms with van der Waals surface area (Å²) >= 11 is 3.30. The van der Waals surface area contributed by atoms with E-state index in [1.54, 1.807) is 18.2 Å². The highest BCUT2D eigenvalue weighted by atomic mass is 79.9. The van der Waals surface area contributed by atoms with Crippen LogP contribution in [0.2, 0.25) is 0 Å². The number of carbonyl (C=O) groups excluding carboxylic acids is 3. The largest absolute Gasteiger partial charge is 0.324 e. The van der Waals surface area contributed by atoms with Crippen molar-refractivity contribution in [2.24, 2.45) is 0 Å². The Bertz CT molecular complexity index is 500. The standard InChI is InChI=1S/C12H11BrN2O3/c13-8-3-1-2-4-9(8)14-10(16)7-15-11(17)5-6-12(15)18/h1-4H,5-7H2,(H,14,16). The van der Waals surface area contributed by atoms with E-state index in [2.05, 4.69) is 21.2 Å². The summed E-state index contributed by atoms with van der Waals surface area (Å²) in [6, 6.07) is 7.14. The number of hydrogen-bond donors (Lipinski definition) is 1. The average Bonchev–Trinajstić information content (AvgIpc) is 2.64. The van der Waals surface area contributed by atoms with Crippen molar-refractivity contribution in [3.63, 3.8) is 0 Å². The Morgan fingerprint density at radius 1 is 1.22 bits per heavy atom. The summed E-state index contributed by atoms with van der Waals surface area (Å²) in [6.07, 6.45) is 0.391. The molecule has 0 atom stereocenters. The maximum absolute atomic E-state index is 11.7. The number of amides is 3. The maximum Gasteiger partial charge on any atom is 0.244 e. The van der Waals surface area contributed by atoms with Gasteiger partial charge in [-0.25, -0.2) is 0 Å². The van der Waals surface area contributed by atoms with E-state index in [4.69, 9.17) is 0 Å². The molecule has 0 bridgehead atoms. The average molecular weight is 311 g/mol. The van der Waals surface area contributed by atoms with Crippen LogP contribution < -0.4 is 5.32 Å². The lowest BCUT2D eigenvalue weighted by Gasteiger charge is -2.13. The number of imide groups is 1. The van der Waals surface area contributed by atoms with Crippen molar-refractivity contribution in [2.45, 2.75) is 12.8 Å². The summed E-state index contributed by atoms with van der Waals surface area (Å²) in [4.78, 5) is 35.4. The molecule has 6 heteroatoms. The first-order valence-corrected chi connectivity index (χ1v) is 6.25. The van der Waals surface area contributed by atoms with Gasteiger partial charge >= 0.3 is 0 Å². The quantitative estimate of drug-likeness (QED) is 0.861. The molecular weight excluding hydrogens is 300 g/mol. The number of carbonyl (C=O) groups is 3. The van der Waals surface area contributed by atoms with Gasteiger partial charge in [-0.1, -0.05) is 12.1 Å². The van der Waals surface area contributed by atoms with Gasteiger partial charge in [-0.05, 0) is 28.1 Å². The predicted octanol–water partition coefficient (Wildman–Crippen LogP) is 1.54. The van der Waals surface area contributed by atoms with Gasteiger partial charge in [0, 0.05) is 17.3 Å². The third-order valence-electron chi connectivity index (χ3n) is 2.60. The molecule has 94 valence electrons. The number of nitrogens with one attached hydrogen (secondary N) is 1. The third-order valence-corrected chi connectivity index (χ3v) is 3.30. The monoisotopic (exact) mass is 310 g/mol. The molecule has 1 aromatic rings. The van der Waals surface area contributed by atoms with Gasteiger partial charge in [0.15, 0.2) is 0 Å². The molecule has 1 heterocycles. The molecule has 5 nitrogen and oxygen atoms in total. The number of rotatable bonds is 3. The zero-order valence-electron chi connectivity index (χ0n) is 9.48. The Morgan fingerprint density at radius 2 is 1.83 bits per heavy atom. The van der Waals surface area contributed by atoms with Crippen molar-refractivity contribution >= 4 is 39.3 Å². The van der Waals surface area contributed by atoms with E-state index in [0.29, 0.717) is 5.69 Å². The molecule has 3 amide bonds. The molecule has 0 spiro atoms. The highest BCUT2D eigenvalue weighted by molar-refractivity contribution is 9.10. The molecule has 1 aliphatic rings. The van der Waals surface area contributed by atoms with Crippen LogP contribution in [0.5, 0.6) is 0 Å². The number of likely N-dealkylation sites (tertiary alicyclic amines) is 1. The van der Waals surface area contributed by atoms with Gasteiger partial charge < -0.3 is 5.32 Å². The van der Waals surface area contributed by atoms with E-state index in [9.17, 15) is 14.4 Å². The molecular formula is C12H11BrN2O3. The molecule has 18 heavy (non-hydrogen) atoms. The zero-order chi connectivity index (χ0) is 13.1. The van der Waals surface area contributed by atoms with Crippen molar-refractivity contribution in [1.82, 2.24) is 4.90 Å². The lowest BCUT2D eigenvalue weighted by atomic mass is 10.3. The lowest BCUT2D eigenvalue weighted by molar-refractivity contribution is -0.141. The van der Waals surface area contributed by atoms with E-state index in [1.807, 2.05) is 6.07 Å². The second kappa shape index (κ2) is 5.30. The van der Waals surface area contributed by atoms with Crippen molar-refractivity contribution in [3.8, 4) is 0 Å². The van der Waals surface area contributed by atoms with Crippen LogP contribution in [0.25, 0.3) is 0 Å². The molecule has 1 fully saturated rings. The van der Waals surface area contributed by atoms with Gasteiger partial charge in [-0.15, -0.1) is 0 Å². The summed E-state index contributed by atoms with van der Waals surface area (Å²) < 4.78 is 0.748. The lowest BCUT2D eigenvalue weighted by Crippen LogP contribution is -2.36. The van der Waals surface area contributed by atoms with Crippen molar-refractivity contribution in [2.75, 3.05) is 11.9 Å². The van der Waals surface area contributed by atoms with Crippen molar-refractivity contribution in [3.05, 3.63) is 28.7 Å². The molecule has 0 saturated carbocycles. The van der Waals surface area contributed by atoms with Crippen LogP contribution in [0.15, 0.2) is 28.7 Å². The van der Waals surface area contributed by atoms with E-state index in [1.165, 1.54) is 0 Å². The van der Waals surface area contributed by atoms with Crippen LogP contribution in [0, 0.1) is 0 Å². The Morgan fingerprint density at radius 3 is 2.44 bits per heavy atom. The van der Waals surface area contributed by atoms with Crippen LogP contribution in [0.1, 0.15) is 12.8 Å². The van der Waals surface area contributed by atoms with E-state index in [0.717, 1.165) is 9.37 Å². The maximum atomic E-state index is 11.7. The summed E-state index contributed by atoms with van der Waals surface area (Å²) in [5.41, 5.74) is 0.613. The number of nitrogens with zero attached hydrogens (tertiary/aromatic N) is 1. The first-order valence-electron chi connectivity index (χ1n) is 5.45. The predicted molar refractivity (Wildman–Crippen MR) is 68.7 cm³/mol. The van der Waals surface area contributed by atoms with Gasteiger partial charge in [0.2, 0.25) is 17.7 Å². The second-order valence-electron chi connectivity index (χ2n) is 3.90. The minimum absolute atomic E-state index is 0.196. The van der Waals surface area contributed by atoms with Crippen LogP contribution in [-0.2, 0) is 14.4 Å². The SMILES string of the molecule is O=C(CN1C(=O)CCC1=O)Nc1ccccc1Br. The molecule has 1 aromatic carbocycles. The van der Waals surface area contributed by atoms with E-state index < -0.39 is 0 Å². The van der Waals surface area contributed by atoms with Gasteiger partial charge in [0.05, 0.1) is 5.69 Å². The summed E-state index contributed by atoms with van der Waals surface area (Å²) in [6.45, 7) is -0.223. The fraction of sp³-hybridized carbons (Fsp3) is 0.250. The Hall–Kier alpha value is -1.69. The summed E-state index contributed by atoms with van der Waals surface area (Å²) in [7, 11) is 0. The normalized spacial score (nSPS) is 15.1. The number of anilines is 1. The zero-order valence-corrected chi connectivity index (χ0v) is 11.1. The highest BCUT2D eigenvalue weighted by Gasteiger charge is 2.30. The van der Waals surface area contributed by atoms with Gasteiger partial charge in [-0.2, -0.15) is 0 Å². The number of halogens is 1. The Labute approximate surface area is 112 Å². The Balaban J connectivity index is 1.99. The topological polar surface area (TPSA) is 66.5 Å². The summed E-state index contributed by atoms with van der Waals surface area (Å²) in [5.74, 6) is -0.963. The fourth-order valence-corrected chi connectivity index (χ4v) is 2.08. The van der Waals surface area contributed by atoms with Crippen molar-refractivity contribution in [1.29, 1.82) is 0 Å². The molecule has 0 aliphatic carbocycles. The second-order valence-corrected chi connectivity index (χ2v) is 4.76. The summed E-state index contributed by atoms with van der Waals surface area (Å²) in [5, 5.41) is 2.65. The number of para-hydroxylation sites is 1. The minimum Gasteiger partial charge on any atom is -0.324 e.